The van der Waals surface area contributed by atoms with Crippen molar-refractivity contribution in [1.29, 1.82) is 0 Å². The van der Waals surface area contributed by atoms with Crippen LogP contribution in [0.3, 0.4) is 0 Å². The van der Waals surface area contributed by atoms with Crippen LogP contribution in [-0.4, -0.2) is 42.0 Å². The van der Waals surface area contributed by atoms with Crippen LogP contribution in [0.5, 0.6) is 0 Å². The average molecular weight is 262 g/mol. The van der Waals surface area contributed by atoms with Crippen molar-refractivity contribution in [3.8, 4) is 0 Å². The number of rotatable bonds is 3. The highest BCUT2D eigenvalue weighted by Gasteiger charge is 2.33. The third kappa shape index (κ3) is 2.67. The zero-order valence-electron chi connectivity index (χ0n) is 11.1. The van der Waals surface area contributed by atoms with Crippen LogP contribution < -0.4 is 10.2 Å². The second-order valence-corrected chi connectivity index (χ2v) is 4.80. The molecular formula is C14H18N2O3. The van der Waals surface area contributed by atoms with Crippen LogP contribution >= 0.6 is 0 Å². The van der Waals surface area contributed by atoms with Gasteiger partial charge in [-0.2, -0.15) is 0 Å². The molecule has 19 heavy (non-hydrogen) atoms. The van der Waals surface area contributed by atoms with E-state index in [1.54, 1.807) is 29.2 Å². The van der Waals surface area contributed by atoms with Crippen LogP contribution in [0.4, 0.5) is 5.69 Å². The predicted molar refractivity (Wildman–Crippen MR) is 72.3 cm³/mol. The topological polar surface area (TPSA) is 69.6 Å². The fraction of sp³-hybridized carbons (Fsp3) is 0.429. The minimum absolute atomic E-state index is 0.000490. The van der Waals surface area contributed by atoms with Crippen molar-refractivity contribution in [2.75, 3.05) is 18.1 Å². The van der Waals surface area contributed by atoms with Gasteiger partial charge in [-0.3, -0.25) is 9.59 Å². The maximum atomic E-state index is 12.2. The van der Waals surface area contributed by atoms with Crippen LogP contribution in [0.15, 0.2) is 24.3 Å². The first-order valence-electron chi connectivity index (χ1n) is 6.33. The second-order valence-electron chi connectivity index (χ2n) is 4.80. The first kappa shape index (κ1) is 13.7. The summed E-state index contributed by atoms with van der Waals surface area (Å²) in [7, 11) is 0. The van der Waals surface area contributed by atoms with Crippen molar-refractivity contribution < 1.29 is 14.7 Å². The number of aliphatic hydroxyl groups excluding tert-OH is 1. The van der Waals surface area contributed by atoms with Crippen molar-refractivity contribution in [3.63, 3.8) is 0 Å². The number of benzene rings is 1. The molecule has 1 fully saturated rings. The van der Waals surface area contributed by atoms with E-state index in [0.29, 0.717) is 12.1 Å². The second kappa shape index (κ2) is 5.50. The third-order valence-corrected chi connectivity index (χ3v) is 3.37. The molecule has 1 aliphatic heterocycles. The third-order valence-electron chi connectivity index (χ3n) is 3.37. The predicted octanol–water partition coefficient (Wildman–Crippen LogP) is 0.575. The maximum absolute atomic E-state index is 12.2. The van der Waals surface area contributed by atoms with Crippen LogP contribution in [-0.2, 0) is 4.79 Å². The average Bonchev–Trinajstić information content (AvgIpc) is 2.39. The molecule has 0 spiro atoms. The summed E-state index contributed by atoms with van der Waals surface area (Å²) in [6.45, 7) is 3.87. The highest BCUT2D eigenvalue weighted by atomic mass is 16.3. The Bertz CT molecular complexity index is 484. The van der Waals surface area contributed by atoms with E-state index >= 15 is 0 Å². The van der Waals surface area contributed by atoms with Crippen molar-refractivity contribution in [2.45, 2.75) is 25.9 Å². The normalized spacial score (nSPS) is 23.5. The van der Waals surface area contributed by atoms with E-state index in [4.69, 9.17) is 0 Å². The molecule has 2 N–H and O–H groups in total. The molecule has 2 atom stereocenters. The quantitative estimate of drug-likeness (QED) is 0.782. The smallest absolute Gasteiger partial charge is 0.246 e. The number of nitrogens with zero attached hydrogens (tertiary/aromatic N) is 1. The zero-order chi connectivity index (χ0) is 14.0. The van der Waals surface area contributed by atoms with Crippen LogP contribution in [0.2, 0.25) is 0 Å². The fourth-order valence-corrected chi connectivity index (χ4v) is 2.26. The van der Waals surface area contributed by atoms with Gasteiger partial charge in [-0.15, -0.1) is 0 Å². The number of carbonyl (C=O) groups excluding carboxylic acids is 2. The fourth-order valence-electron chi connectivity index (χ4n) is 2.26. The summed E-state index contributed by atoms with van der Waals surface area (Å²) >= 11 is 0. The summed E-state index contributed by atoms with van der Waals surface area (Å²) in [6, 6.07) is 6.43. The largest absolute Gasteiger partial charge is 0.394 e. The molecule has 1 aromatic carbocycles. The summed E-state index contributed by atoms with van der Waals surface area (Å²) in [5.74, 6) is -0.142. The zero-order valence-corrected chi connectivity index (χ0v) is 11.1. The first-order chi connectivity index (χ1) is 9.04. The lowest BCUT2D eigenvalue weighted by molar-refractivity contribution is -0.123. The lowest BCUT2D eigenvalue weighted by Crippen LogP contribution is -2.60. The minimum atomic E-state index is -0.552. The molecule has 1 heterocycles. The van der Waals surface area contributed by atoms with Crippen LogP contribution in [0, 0.1) is 0 Å². The first-order valence-corrected chi connectivity index (χ1v) is 6.33. The molecule has 0 aliphatic carbocycles. The summed E-state index contributed by atoms with van der Waals surface area (Å²) in [6.07, 6.45) is 0. The summed E-state index contributed by atoms with van der Waals surface area (Å²) in [5.41, 5.74) is 1.38. The molecule has 5 nitrogen and oxygen atoms in total. The highest BCUT2D eigenvalue weighted by molar-refractivity contribution is 5.99. The SMILES string of the molecule is CC(=O)c1ccc(N2C(=O)C(CO)NCC2C)cc1. The van der Waals surface area contributed by atoms with Crippen LogP contribution in [0.25, 0.3) is 0 Å². The molecule has 1 aromatic rings. The van der Waals surface area contributed by atoms with E-state index in [0.717, 1.165) is 5.69 Å². The van der Waals surface area contributed by atoms with E-state index in [9.17, 15) is 14.7 Å². The molecule has 1 saturated heterocycles. The lowest BCUT2D eigenvalue weighted by Gasteiger charge is -2.37. The Balaban J connectivity index is 2.27. The van der Waals surface area contributed by atoms with Gasteiger partial charge in [0, 0.05) is 23.8 Å². The molecule has 0 aromatic heterocycles. The van der Waals surface area contributed by atoms with Gasteiger partial charge >= 0.3 is 0 Å². The van der Waals surface area contributed by atoms with E-state index in [1.807, 2.05) is 6.92 Å². The Morgan fingerprint density at radius 1 is 1.42 bits per heavy atom. The number of Topliss-reactive ketones (excluding diaryl/α,β-unsaturated/α-hetero) is 1. The molecule has 0 saturated carbocycles. The van der Waals surface area contributed by atoms with Gasteiger partial charge in [0.15, 0.2) is 5.78 Å². The van der Waals surface area contributed by atoms with E-state index < -0.39 is 6.04 Å². The van der Waals surface area contributed by atoms with Gasteiger partial charge in [0.2, 0.25) is 5.91 Å². The molecule has 0 radical (unpaired) electrons. The van der Waals surface area contributed by atoms with Crippen molar-refractivity contribution in [1.82, 2.24) is 5.32 Å². The monoisotopic (exact) mass is 262 g/mol. The Hall–Kier alpha value is -1.72. The summed E-state index contributed by atoms with van der Waals surface area (Å²) < 4.78 is 0. The molecule has 5 heteroatoms. The standard InChI is InChI=1S/C14H18N2O3/c1-9-7-15-13(8-17)14(19)16(9)12-5-3-11(4-6-12)10(2)18/h3-6,9,13,15,17H,7-8H2,1-2H3. The Labute approximate surface area is 112 Å². The molecule has 1 amide bonds. The Morgan fingerprint density at radius 3 is 2.58 bits per heavy atom. The van der Waals surface area contributed by atoms with E-state index in [-0.39, 0.29) is 24.3 Å². The van der Waals surface area contributed by atoms with Crippen molar-refractivity contribution >= 4 is 17.4 Å². The molecule has 2 rings (SSSR count). The minimum Gasteiger partial charge on any atom is -0.394 e. The van der Waals surface area contributed by atoms with Gasteiger partial charge in [0.05, 0.1) is 6.61 Å². The summed E-state index contributed by atoms with van der Waals surface area (Å²) in [4.78, 5) is 25.1. The number of hydrogen-bond donors (Lipinski definition) is 2. The molecule has 1 aliphatic rings. The van der Waals surface area contributed by atoms with E-state index in [2.05, 4.69) is 5.32 Å². The number of hydrogen-bond acceptors (Lipinski definition) is 4. The maximum Gasteiger partial charge on any atom is 0.246 e. The number of piperazine rings is 1. The Kier molecular flexibility index (Phi) is 3.97. The number of amides is 1. The molecule has 0 bridgehead atoms. The van der Waals surface area contributed by atoms with Crippen molar-refractivity contribution in [2.24, 2.45) is 0 Å². The Morgan fingerprint density at radius 2 is 2.05 bits per heavy atom. The lowest BCUT2D eigenvalue weighted by atomic mass is 10.1. The molecule has 102 valence electrons. The van der Waals surface area contributed by atoms with Gasteiger partial charge < -0.3 is 15.3 Å². The van der Waals surface area contributed by atoms with Gasteiger partial charge in [-0.25, -0.2) is 0 Å². The van der Waals surface area contributed by atoms with E-state index in [1.165, 1.54) is 6.92 Å². The number of anilines is 1. The van der Waals surface area contributed by atoms with Crippen molar-refractivity contribution in [3.05, 3.63) is 29.8 Å². The van der Waals surface area contributed by atoms with Gasteiger partial charge in [0.25, 0.3) is 0 Å². The van der Waals surface area contributed by atoms with Gasteiger partial charge in [-0.05, 0) is 38.1 Å². The van der Waals surface area contributed by atoms with Crippen LogP contribution in [0.1, 0.15) is 24.2 Å². The number of ketones is 1. The molecule has 2 unspecified atom stereocenters. The molecular weight excluding hydrogens is 244 g/mol. The number of aliphatic hydroxyl groups is 1. The highest BCUT2D eigenvalue weighted by Crippen LogP contribution is 2.21. The summed E-state index contributed by atoms with van der Waals surface area (Å²) in [5, 5.41) is 12.2. The van der Waals surface area contributed by atoms with Gasteiger partial charge in [0.1, 0.15) is 6.04 Å². The number of nitrogens with one attached hydrogen (secondary N) is 1. The van der Waals surface area contributed by atoms with Gasteiger partial charge in [-0.1, -0.05) is 0 Å². The number of carbonyl (C=O) groups is 2.